The summed E-state index contributed by atoms with van der Waals surface area (Å²) < 4.78 is 2.16. The van der Waals surface area contributed by atoms with Crippen molar-refractivity contribution >= 4 is 16.9 Å². The second kappa shape index (κ2) is 4.82. The summed E-state index contributed by atoms with van der Waals surface area (Å²) in [6, 6.07) is 8.87. The molecule has 2 aromatic heterocycles. The minimum atomic E-state index is 0.931. The van der Waals surface area contributed by atoms with E-state index in [1.165, 1.54) is 40.6 Å². The van der Waals surface area contributed by atoms with Crippen molar-refractivity contribution in [1.82, 2.24) is 14.5 Å². The Morgan fingerprint density at radius 3 is 2.74 bits per heavy atom. The van der Waals surface area contributed by atoms with Gasteiger partial charge in [0.05, 0.1) is 5.69 Å². The average molecular weight is 304 g/mol. The van der Waals surface area contributed by atoms with Crippen LogP contribution in [0.15, 0.2) is 30.5 Å². The molecule has 4 nitrogen and oxygen atoms in total. The Balaban J connectivity index is 1.69. The zero-order valence-electron chi connectivity index (χ0n) is 13.4. The molecule has 116 valence electrons. The number of hydrogen-bond acceptors (Lipinski definition) is 3. The van der Waals surface area contributed by atoms with Crippen molar-refractivity contribution in [3.05, 3.63) is 41.7 Å². The van der Waals surface area contributed by atoms with Crippen LogP contribution in [0.2, 0.25) is 0 Å². The van der Waals surface area contributed by atoms with E-state index in [2.05, 4.69) is 47.0 Å². The van der Waals surface area contributed by atoms with Gasteiger partial charge in [0.15, 0.2) is 0 Å². The monoisotopic (exact) mass is 304 g/mol. The van der Waals surface area contributed by atoms with Crippen molar-refractivity contribution < 1.29 is 0 Å². The van der Waals surface area contributed by atoms with Crippen LogP contribution in [0.1, 0.15) is 24.1 Å². The highest BCUT2D eigenvalue weighted by Gasteiger charge is 2.24. The van der Waals surface area contributed by atoms with Crippen molar-refractivity contribution in [2.45, 2.75) is 25.7 Å². The fourth-order valence-corrected chi connectivity index (χ4v) is 3.74. The molecule has 1 saturated heterocycles. The lowest BCUT2D eigenvalue weighted by molar-refractivity contribution is 0.599. The van der Waals surface area contributed by atoms with E-state index in [-0.39, 0.29) is 0 Å². The van der Waals surface area contributed by atoms with E-state index in [0.717, 1.165) is 37.6 Å². The Hall–Kier alpha value is -2.36. The molecule has 0 radical (unpaired) electrons. The molecule has 1 aliphatic carbocycles. The molecular formula is C19H20N4. The number of anilines is 1. The molecular weight excluding hydrogens is 284 g/mol. The zero-order valence-corrected chi connectivity index (χ0v) is 13.4. The first-order valence-corrected chi connectivity index (χ1v) is 8.50. The van der Waals surface area contributed by atoms with Crippen molar-refractivity contribution in [2.24, 2.45) is 7.05 Å². The molecule has 2 aliphatic rings. The van der Waals surface area contributed by atoms with E-state index < -0.39 is 0 Å². The van der Waals surface area contributed by atoms with Gasteiger partial charge in [-0.1, -0.05) is 6.07 Å². The van der Waals surface area contributed by atoms with Crippen LogP contribution in [0.4, 0.5) is 5.95 Å². The first kappa shape index (κ1) is 13.1. The topological polar surface area (TPSA) is 34.0 Å². The lowest BCUT2D eigenvalue weighted by Gasteiger charge is -2.31. The largest absolute Gasteiger partial charge is 0.351 e. The van der Waals surface area contributed by atoms with Crippen molar-refractivity contribution in [2.75, 3.05) is 18.0 Å². The van der Waals surface area contributed by atoms with Gasteiger partial charge in [-0.05, 0) is 43.9 Å². The first-order valence-electron chi connectivity index (χ1n) is 8.50. The SMILES string of the molecule is Cn1ccc2cc(-c3nc(N4CCC4)nc4c3CCC4)ccc21. The predicted molar refractivity (Wildman–Crippen MR) is 92.8 cm³/mol. The van der Waals surface area contributed by atoms with Crippen LogP contribution in [0, 0.1) is 0 Å². The number of rotatable bonds is 2. The minimum absolute atomic E-state index is 0.931. The highest BCUT2D eigenvalue weighted by Crippen LogP contribution is 2.34. The second-order valence-corrected chi connectivity index (χ2v) is 6.69. The summed E-state index contributed by atoms with van der Waals surface area (Å²) in [5.41, 5.74) is 6.28. The molecule has 3 aromatic rings. The van der Waals surface area contributed by atoms with Crippen LogP contribution in [-0.4, -0.2) is 27.6 Å². The van der Waals surface area contributed by atoms with Gasteiger partial charge in [0.25, 0.3) is 0 Å². The lowest BCUT2D eigenvalue weighted by Crippen LogP contribution is -2.38. The summed E-state index contributed by atoms with van der Waals surface area (Å²) in [6.07, 6.45) is 6.78. The molecule has 0 bridgehead atoms. The van der Waals surface area contributed by atoms with Crippen LogP contribution in [0.5, 0.6) is 0 Å². The molecule has 5 rings (SSSR count). The minimum Gasteiger partial charge on any atom is -0.351 e. The maximum Gasteiger partial charge on any atom is 0.226 e. The van der Waals surface area contributed by atoms with Crippen LogP contribution < -0.4 is 4.90 Å². The van der Waals surface area contributed by atoms with Gasteiger partial charge in [-0.25, -0.2) is 9.97 Å². The van der Waals surface area contributed by atoms with Gasteiger partial charge in [-0.15, -0.1) is 0 Å². The van der Waals surface area contributed by atoms with E-state index >= 15 is 0 Å². The Labute approximate surface area is 135 Å². The van der Waals surface area contributed by atoms with Crippen LogP contribution >= 0.6 is 0 Å². The van der Waals surface area contributed by atoms with Crippen molar-refractivity contribution in [1.29, 1.82) is 0 Å². The van der Waals surface area contributed by atoms with Gasteiger partial charge in [0, 0.05) is 54.1 Å². The third kappa shape index (κ3) is 1.97. The molecule has 0 atom stereocenters. The standard InChI is InChI=1S/C19H20N4/c1-22-11-8-13-12-14(6-7-17(13)22)18-15-4-2-5-16(15)20-19(21-18)23-9-3-10-23/h6-8,11-12H,2-5,9-10H2,1H3. The molecule has 1 aromatic carbocycles. The van der Waals surface area contributed by atoms with E-state index in [9.17, 15) is 0 Å². The van der Waals surface area contributed by atoms with Crippen molar-refractivity contribution in [3.63, 3.8) is 0 Å². The number of benzene rings is 1. The van der Waals surface area contributed by atoms with Gasteiger partial charge in [0.2, 0.25) is 5.95 Å². The summed E-state index contributed by atoms with van der Waals surface area (Å²) in [5.74, 6) is 0.931. The maximum atomic E-state index is 4.96. The normalized spacial score (nSPS) is 16.7. The summed E-state index contributed by atoms with van der Waals surface area (Å²) >= 11 is 0. The van der Waals surface area contributed by atoms with E-state index in [4.69, 9.17) is 9.97 Å². The third-order valence-corrected chi connectivity index (χ3v) is 5.22. The number of nitrogens with zero attached hydrogens (tertiary/aromatic N) is 4. The van der Waals surface area contributed by atoms with Gasteiger partial charge in [-0.2, -0.15) is 0 Å². The molecule has 0 amide bonds. The first-order chi connectivity index (χ1) is 11.3. The smallest absolute Gasteiger partial charge is 0.226 e. The van der Waals surface area contributed by atoms with Crippen LogP contribution in [0.25, 0.3) is 22.2 Å². The summed E-state index contributed by atoms with van der Waals surface area (Å²) in [6.45, 7) is 2.19. The quantitative estimate of drug-likeness (QED) is 0.728. The van der Waals surface area contributed by atoms with Crippen LogP contribution in [0.3, 0.4) is 0 Å². The maximum absolute atomic E-state index is 4.96. The van der Waals surface area contributed by atoms with Gasteiger partial charge in [0.1, 0.15) is 0 Å². The Bertz CT molecular complexity index is 905. The molecule has 0 unspecified atom stereocenters. The highest BCUT2D eigenvalue weighted by molar-refractivity contribution is 5.85. The summed E-state index contributed by atoms with van der Waals surface area (Å²) in [5, 5.41) is 1.28. The number of fused-ring (bicyclic) bond motifs is 2. The Kier molecular flexibility index (Phi) is 2.75. The zero-order chi connectivity index (χ0) is 15.4. The summed E-state index contributed by atoms with van der Waals surface area (Å²) in [7, 11) is 2.09. The molecule has 1 aliphatic heterocycles. The third-order valence-electron chi connectivity index (χ3n) is 5.22. The number of aryl methyl sites for hydroxylation is 2. The van der Waals surface area contributed by atoms with E-state index in [1.54, 1.807) is 0 Å². The molecule has 3 heterocycles. The lowest BCUT2D eigenvalue weighted by atomic mass is 10.0. The van der Waals surface area contributed by atoms with E-state index in [0.29, 0.717) is 0 Å². The van der Waals surface area contributed by atoms with Gasteiger partial charge in [-0.3, -0.25) is 0 Å². The predicted octanol–water partition coefficient (Wildman–Crippen LogP) is 3.33. The molecule has 0 spiro atoms. The Morgan fingerprint density at radius 2 is 1.91 bits per heavy atom. The van der Waals surface area contributed by atoms with Gasteiger partial charge >= 0.3 is 0 Å². The van der Waals surface area contributed by atoms with E-state index in [1.807, 2.05) is 0 Å². The molecule has 1 fully saturated rings. The molecule has 0 saturated carbocycles. The molecule has 4 heteroatoms. The number of aromatic nitrogens is 3. The van der Waals surface area contributed by atoms with Gasteiger partial charge < -0.3 is 9.47 Å². The summed E-state index contributed by atoms with van der Waals surface area (Å²) in [4.78, 5) is 12.1. The molecule has 0 N–H and O–H groups in total. The Morgan fingerprint density at radius 1 is 1.00 bits per heavy atom. The fraction of sp³-hybridized carbons (Fsp3) is 0.368. The highest BCUT2D eigenvalue weighted by atomic mass is 15.3. The van der Waals surface area contributed by atoms with Crippen LogP contribution in [-0.2, 0) is 19.9 Å². The number of hydrogen-bond donors (Lipinski definition) is 0. The second-order valence-electron chi connectivity index (χ2n) is 6.69. The average Bonchev–Trinajstić information content (AvgIpc) is 3.11. The molecule has 23 heavy (non-hydrogen) atoms. The fourth-order valence-electron chi connectivity index (χ4n) is 3.74. The van der Waals surface area contributed by atoms with Crippen molar-refractivity contribution in [3.8, 4) is 11.3 Å².